The van der Waals surface area contributed by atoms with Crippen molar-refractivity contribution < 1.29 is 71.8 Å². The zero-order chi connectivity index (χ0) is 68.5. The molecule has 516 valence electrons. The maximum Gasteiger partial charge on any atom is 0.347 e. The predicted molar refractivity (Wildman–Crippen MR) is 361 cm³/mol. The average Bonchev–Trinajstić information content (AvgIpc) is 0.999. The van der Waals surface area contributed by atoms with Gasteiger partial charge in [-0.05, 0) is 266 Å². The SMILES string of the molecule is C=C(C)C(=O)OC1(C(C)C)C2CC3CC(C2)CC1C3.C=C(C)C(=O)OC1(C(C)C)CCCC1.C=C(C)C(=O)OC1(C)C2CC3CC(C2)CC1C3.C=C(C)C(=O)OC12CC3CC(CC(O)(C3)C1)C2.C=C(C)C(=O)OC1CCOC1=O.C=Cc1ccc(OC(C)OCC)cc1. The van der Waals surface area contributed by atoms with Crippen molar-refractivity contribution in [2.75, 3.05) is 13.2 Å². The lowest BCUT2D eigenvalue weighted by atomic mass is 9.47. The Hall–Kier alpha value is -5.80. The summed E-state index contributed by atoms with van der Waals surface area (Å²) >= 11 is 0. The summed E-state index contributed by atoms with van der Waals surface area (Å²) in [7, 11) is 0. The van der Waals surface area contributed by atoms with Crippen molar-refractivity contribution in [2.45, 2.75) is 258 Å². The van der Waals surface area contributed by atoms with Crippen LogP contribution in [-0.2, 0) is 61.9 Å². The average molecular weight is 1290 g/mol. The Morgan fingerprint density at radius 2 is 1.01 bits per heavy atom. The summed E-state index contributed by atoms with van der Waals surface area (Å²) in [6, 6.07) is 7.74. The molecule has 1 heterocycles. The lowest BCUT2D eigenvalue weighted by Crippen LogP contribution is -2.62. The fourth-order valence-corrected chi connectivity index (χ4v) is 18.5. The van der Waals surface area contributed by atoms with Crippen molar-refractivity contribution >= 4 is 41.9 Å². The molecule has 93 heavy (non-hydrogen) atoms. The second kappa shape index (κ2) is 31.4. The van der Waals surface area contributed by atoms with Crippen molar-refractivity contribution in [1.29, 1.82) is 0 Å². The first-order chi connectivity index (χ1) is 43.7. The van der Waals surface area contributed by atoms with E-state index in [1.807, 2.05) is 38.1 Å². The van der Waals surface area contributed by atoms with Gasteiger partial charge >= 0.3 is 35.8 Å². The first-order valence-corrected chi connectivity index (χ1v) is 35.0. The summed E-state index contributed by atoms with van der Waals surface area (Å²) in [5.74, 6) is 6.79. The number of aliphatic hydroxyl groups is 1. The van der Waals surface area contributed by atoms with Crippen LogP contribution in [-0.4, -0.2) is 94.5 Å². The molecule has 1 aromatic rings. The Morgan fingerprint density at radius 1 is 0.581 bits per heavy atom. The van der Waals surface area contributed by atoms with Crippen molar-refractivity contribution in [3.63, 3.8) is 0 Å². The summed E-state index contributed by atoms with van der Waals surface area (Å²) in [5.41, 5.74) is 1.80. The van der Waals surface area contributed by atoms with Gasteiger partial charge in [0.1, 0.15) is 28.2 Å². The fraction of sp³-hybridized carbons (Fsp3) is 0.692. The molecular formula is C78H114O15. The highest BCUT2D eigenvalue weighted by Crippen LogP contribution is 2.63. The van der Waals surface area contributed by atoms with Crippen LogP contribution in [0.5, 0.6) is 5.75 Å². The van der Waals surface area contributed by atoms with E-state index in [-0.39, 0.29) is 52.5 Å². The maximum atomic E-state index is 12.1. The quantitative estimate of drug-likeness (QED) is 0.0669. The number of hydrogen-bond acceptors (Lipinski definition) is 15. The highest BCUT2D eigenvalue weighted by Gasteiger charge is 2.62. The van der Waals surface area contributed by atoms with Crippen LogP contribution in [0.2, 0.25) is 0 Å². The zero-order valence-electron chi connectivity index (χ0n) is 58.6. The van der Waals surface area contributed by atoms with Crippen LogP contribution in [0.3, 0.4) is 0 Å². The van der Waals surface area contributed by atoms with Crippen LogP contribution in [0.25, 0.3) is 6.08 Å². The van der Waals surface area contributed by atoms with Gasteiger partial charge in [-0.3, -0.25) is 0 Å². The van der Waals surface area contributed by atoms with Gasteiger partial charge in [-0.15, -0.1) is 0 Å². The van der Waals surface area contributed by atoms with Crippen molar-refractivity contribution in [3.8, 4) is 5.75 Å². The van der Waals surface area contributed by atoms with Gasteiger partial charge in [-0.25, -0.2) is 28.8 Å². The molecule has 1 aromatic carbocycles. The molecule has 14 fully saturated rings. The minimum atomic E-state index is -0.728. The molecule has 1 saturated heterocycles. The lowest BCUT2D eigenvalue weighted by molar-refractivity contribution is -0.221. The minimum Gasteiger partial charge on any atom is -0.465 e. The second-order valence-electron chi connectivity index (χ2n) is 30.8. The van der Waals surface area contributed by atoms with Crippen LogP contribution in [0.15, 0.2) is 91.6 Å². The van der Waals surface area contributed by atoms with Crippen LogP contribution in [0.1, 0.15) is 223 Å². The molecule has 12 bridgehead atoms. The normalized spacial score (nSPS) is 33.7. The third kappa shape index (κ3) is 18.4. The van der Waals surface area contributed by atoms with Crippen LogP contribution >= 0.6 is 0 Å². The van der Waals surface area contributed by atoms with Gasteiger partial charge in [0.2, 0.25) is 6.10 Å². The van der Waals surface area contributed by atoms with E-state index in [0.717, 1.165) is 73.5 Å². The number of esters is 6. The molecule has 15 rings (SSSR count). The highest BCUT2D eigenvalue weighted by atomic mass is 16.7. The summed E-state index contributed by atoms with van der Waals surface area (Å²) in [6.45, 7) is 45.9. The van der Waals surface area contributed by atoms with E-state index in [1.165, 1.54) is 90.4 Å². The number of hydrogen-bond donors (Lipinski definition) is 1. The van der Waals surface area contributed by atoms with E-state index in [1.54, 1.807) is 33.8 Å². The number of carbonyl (C=O) groups is 6. The van der Waals surface area contributed by atoms with Crippen molar-refractivity contribution in [2.24, 2.45) is 71.0 Å². The Balaban J connectivity index is 0.000000159. The van der Waals surface area contributed by atoms with Crippen molar-refractivity contribution in [3.05, 3.63) is 97.2 Å². The number of ether oxygens (including phenoxy) is 8. The number of cyclic esters (lactones) is 1. The molecule has 4 unspecified atom stereocenters. The van der Waals surface area contributed by atoms with Gasteiger partial charge in [0.25, 0.3) is 0 Å². The number of rotatable bonds is 17. The Kier molecular flexibility index (Phi) is 25.2. The summed E-state index contributed by atoms with van der Waals surface area (Å²) in [6.07, 6.45) is 24.2. The number of carbonyl (C=O) groups excluding carboxylic acids is 6. The fourth-order valence-electron chi connectivity index (χ4n) is 18.5. The Bertz CT molecular complexity index is 2830. The first kappa shape index (κ1) is 74.6. The molecule has 0 radical (unpaired) electrons. The van der Waals surface area contributed by atoms with Crippen LogP contribution < -0.4 is 4.74 Å². The zero-order valence-corrected chi connectivity index (χ0v) is 58.6. The summed E-state index contributed by atoms with van der Waals surface area (Å²) in [4.78, 5) is 68.9. The molecule has 15 heteroatoms. The van der Waals surface area contributed by atoms with E-state index < -0.39 is 29.2 Å². The largest absolute Gasteiger partial charge is 0.465 e. The lowest BCUT2D eigenvalue weighted by Gasteiger charge is -2.61. The molecule has 15 nitrogen and oxygen atoms in total. The van der Waals surface area contributed by atoms with Gasteiger partial charge in [0.05, 0.1) is 12.2 Å². The molecular weight excluding hydrogens is 1180 g/mol. The first-order valence-electron chi connectivity index (χ1n) is 35.0. The highest BCUT2D eigenvalue weighted by molar-refractivity contribution is 5.90. The molecule has 4 atom stereocenters. The van der Waals surface area contributed by atoms with E-state index in [9.17, 15) is 33.9 Å². The molecule has 0 amide bonds. The third-order valence-corrected chi connectivity index (χ3v) is 22.4. The second-order valence-corrected chi connectivity index (χ2v) is 30.8. The van der Waals surface area contributed by atoms with Gasteiger partial charge in [0.15, 0.2) is 6.29 Å². The molecule has 14 aliphatic rings. The Labute approximate surface area is 556 Å². The summed E-state index contributed by atoms with van der Waals surface area (Å²) < 4.78 is 43.3. The molecule has 13 saturated carbocycles. The van der Waals surface area contributed by atoms with E-state index in [4.69, 9.17) is 33.2 Å². The van der Waals surface area contributed by atoms with Gasteiger partial charge < -0.3 is 43.0 Å². The van der Waals surface area contributed by atoms with Crippen LogP contribution in [0, 0.1) is 71.0 Å². The smallest absolute Gasteiger partial charge is 0.347 e. The predicted octanol–water partition coefficient (Wildman–Crippen LogP) is 16.1. The molecule has 1 aliphatic heterocycles. The number of benzene rings is 1. The molecule has 13 aliphatic carbocycles. The topological polar surface area (TPSA) is 196 Å². The van der Waals surface area contributed by atoms with E-state index >= 15 is 0 Å². The monoisotopic (exact) mass is 1290 g/mol. The van der Waals surface area contributed by atoms with Gasteiger partial charge in [-0.1, -0.05) is 85.4 Å². The van der Waals surface area contributed by atoms with Crippen molar-refractivity contribution in [1.82, 2.24) is 0 Å². The van der Waals surface area contributed by atoms with Gasteiger partial charge in [0, 0.05) is 47.3 Å². The molecule has 0 spiro atoms. The van der Waals surface area contributed by atoms with Crippen LogP contribution in [0.4, 0.5) is 0 Å². The minimum absolute atomic E-state index is 0.179. The third-order valence-electron chi connectivity index (χ3n) is 22.4. The summed E-state index contributed by atoms with van der Waals surface area (Å²) in [5, 5.41) is 10.5. The Morgan fingerprint density at radius 3 is 1.41 bits per heavy atom. The molecule has 0 aromatic heterocycles. The molecule has 1 N–H and O–H groups in total. The standard InChI is InChI=1S/C17H26O2.C15H22O2.C14H20O3.C12H20O2.C12H16O2.C8H10O4/c1-10(2)16(18)19-17(11(3)4)14-6-12-5-13(8-14)9-15(17)7-12;1-9(2)14(16)17-15(3)12-5-10-4-11(7-12)8-13(15)6-10;1-9(2)12(15)17-14-6-10-3-11(7-14)5-13(16,4-10)8-14;1-9(2)11(13)14-12(10(3)4)7-5-6-8-12;1-4-11-6-8-12(9-7-11)14-10(3)13-5-2;1-5(2)7(9)12-6-3-4-11-8(6)10/h11-15H,1,5-9H2,2-4H3;10-13H,1,4-8H2,2-3H3;10-11,16H,1,3-8H2,2H3;10H,1,5-8H2,2-4H3;4,6-10H,1,5H2,2-3H3;6H,1,3-4H2,2H3. The van der Waals surface area contributed by atoms with Gasteiger partial charge in [-0.2, -0.15) is 0 Å². The maximum absolute atomic E-state index is 12.1. The van der Waals surface area contributed by atoms with E-state index in [2.05, 4.69) is 78.8 Å². The van der Waals surface area contributed by atoms with E-state index in [0.29, 0.717) is 95.7 Å².